The Morgan fingerprint density at radius 3 is 2.67 bits per heavy atom. The average Bonchev–Trinajstić information content (AvgIpc) is 2.13. The summed E-state index contributed by atoms with van der Waals surface area (Å²) in [4.78, 5) is 3.45. The molecule has 0 aromatic heterocycles. The van der Waals surface area contributed by atoms with Gasteiger partial charge in [0, 0.05) is 27.4 Å². The molecule has 4 heteroatoms. The molecule has 1 rings (SSSR count). The van der Waals surface area contributed by atoms with Gasteiger partial charge in [-0.2, -0.15) is 0 Å². The molecule has 1 aromatic carbocycles. The monoisotopic (exact) mass is 288 g/mol. The second-order valence-corrected chi connectivity index (χ2v) is 5.78. The van der Waals surface area contributed by atoms with Crippen LogP contribution in [0.4, 0.5) is 5.69 Å². The summed E-state index contributed by atoms with van der Waals surface area (Å²) in [7, 11) is 4.17. The second kappa shape index (κ2) is 5.77. The molecule has 2 N–H and O–H groups in total. The van der Waals surface area contributed by atoms with Crippen LogP contribution in [0, 0.1) is 6.92 Å². The molecule has 1 aromatic rings. The quantitative estimate of drug-likeness (QED) is 0.682. The highest BCUT2D eigenvalue weighted by atomic mass is 79.9. The summed E-state index contributed by atoms with van der Waals surface area (Å²) in [6.07, 6.45) is 0. The van der Waals surface area contributed by atoms with E-state index >= 15 is 0 Å². The molecule has 84 valence electrons. The lowest BCUT2D eigenvalue weighted by molar-refractivity contribution is 0.437. The van der Waals surface area contributed by atoms with E-state index in [0.29, 0.717) is 0 Å². The van der Waals surface area contributed by atoms with Gasteiger partial charge in [-0.1, -0.05) is 0 Å². The fourth-order valence-electron chi connectivity index (χ4n) is 1.12. The van der Waals surface area contributed by atoms with Crippen LogP contribution < -0.4 is 5.73 Å². The number of aryl methyl sites for hydroxylation is 1. The normalized spacial score (nSPS) is 11.0. The maximum atomic E-state index is 5.82. The second-order valence-electron chi connectivity index (χ2n) is 3.79. The smallest absolute Gasteiger partial charge is 0.0355 e. The summed E-state index contributed by atoms with van der Waals surface area (Å²) in [5, 5.41) is 0. The molecule has 0 amide bonds. The summed E-state index contributed by atoms with van der Waals surface area (Å²) in [5.74, 6) is 1.09. The van der Waals surface area contributed by atoms with Crippen LogP contribution in [-0.4, -0.2) is 31.3 Å². The van der Waals surface area contributed by atoms with Gasteiger partial charge in [-0.25, -0.2) is 0 Å². The molecular weight excluding hydrogens is 272 g/mol. The van der Waals surface area contributed by atoms with E-state index in [1.165, 1.54) is 4.90 Å². The van der Waals surface area contributed by atoms with Gasteiger partial charge in [-0.05, 0) is 54.6 Å². The Hall–Kier alpha value is -0.190. The Morgan fingerprint density at radius 1 is 1.40 bits per heavy atom. The van der Waals surface area contributed by atoms with E-state index in [2.05, 4.69) is 41.0 Å². The largest absolute Gasteiger partial charge is 0.398 e. The lowest BCUT2D eigenvalue weighted by Crippen LogP contribution is -2.14. The van der Waals surface area contributed by atoms with Crippen molar-refractivity contribution in [2.75, 3.05) is 32.1 Å². The van der Waals surface area contributed by atoms with Gasteiger partial charge in [-0.15, -0.1) is 11.8 Å². The first kappa shape index (κ1) is 12.9. The van der Waals surface area contributed by atoms with E-state index in [9.17, 15) is 0 Å². The zero-order chi connectivity index (χ0) is 11.4. The Morgan fingerprint density at radius 2 is 2.07 bits per heavy atom. The van der Waals surface area contributed by atoms with Gasteiger partial charge in [0.1, 0.15) is 0 Å². The number of anilines is 1. The lowest BCUT2D eigenvalue weighted by atomic mass is 10.2. The molecule has 0 aliphatic heterocycles. The Bertz CT molecular complexity index is 340. The first-order valence-electron chi connectivity index (χ1n) is 4.84. The van der Waals surface area contributed by atoms with Gasteiger partial charge < -0.3 is 10.6 Å². The molecule has 0 unspecified atom stereocenters. The van der Waals surface area contributed by atoms with Crippen LogP contribution in [0.2, 0.25) is 0 Å². The van der Waals surface area contributed by atoms with Gasteiger partial charge in [-0.3, -0.25) is 0 Å². The number of thioether (sulfide) groups is 1. The number of rotatable bonds is 4. The Labute approximate surface area is 104 Å². The van der Waals surface area contributed by atoms with Crippen molar-refractivity contribution in [2.45, 2.75) is 11.8 Å². The summed E-state index contributed by atoms with van der Waals surface area (Å²) >= 11 is 5.39. The molecule has 0 saturated carbocycles. The van der Waals surface area contributed by atoms with Gasteiger partial charge >= 0.3 is 0 Å². The van der Waals surface area contributed by atoms with E-state index in [-0.39, 0.29) is 0 Å². The molecule has 0 bridgehead atoms. The SMILES string of the molecule is Cc1cc(SCCN(C)C)c(Br)cc1N. The molecule has 0 saturated heterocycles. The summed E-state index contributed by atoms with van der Waals surface area (Å²) in [5.41, 5.74) is 7.81. The molecular formula is C11H17BrN2S. The van der Waals surface area contributed by atoms with Gasteiger partial charge in [0.25, 0.3) is 0 Å². The minimum absolute atomic E-state index is 0.846. The molecule has 0 aliphatic carbocycles. The maximum Gasteiger partial charge on any atom is 0.0355 e. The summed E-state index contributed by atoms with van der Waals surface area (Å²) < 4.78 is 1.09. The van der Waals surface area contributed by atoms with Crippen molar-refractivity contribution in [3.63, 3.8) is 0 Å². The Kier molecular flexibility index (Phi) is 4.96. The van der Waals surface area contributed by atoms with Crippen LogP contribution in [0.15, 0.2) is 21.5 Å². The van der Waals surface area contributed by atoms with E-state index in [4.69, 9.17) is 5.73 Å². The maximum absolute atomic E-state index is 5.82. The van der Waals surface area contributed by atoms with Crippen LogP contribution in [-0.2, 0) is 0 Å². The van der Waals surface area contributed by atoms with Crippen LogP contribution in [0.1, 0.15) is 5.56 Å². The third kappa shape index (κ3) is 4.05. The highest BCUT2D eigenvalue weighted by Crippen LogP contribution is 2.31. The third-order valence-corrected chi connectivity index (χ3v) is 4.07. The number of nitrogens with zero attached hydrogens (tertiary/aromatic N) is 1. The summed E-state index contributed by atoms with van der Waals surface area (Å²) in [6, 6.07) is 4.12. The molecule has 0 aliphatic rings. The predicted molar refractivity (Wildman–Crippen MR) is 72.6 cm³/mol. The Balaban J connectivity index is 2.65. The van der Waals surface area contributed by atoms with E-state index in [1.54, 1.807) is 0 Å². The molecule has 0 radical (unpaired) electrons. The topological polar surface area (TPSA) is 29.3 Å². The molecule has 15 heavy (non-hydrogen) atoms. The number of nitrogens with two attached hydrogens (primary N) is 1. The minimum Gasteiger partial charge on any atom is -0.398 e. The van der Waals surface area contributed by atoms with Crippen molar-refractivity contribution < 1.29 is 0 Å². The summed E-state index contributed by atoms with van der Waals surface area (Å²) in [6.45, 7) is 3.12. The first-order chi connectivity index (χ1) is 7.00. The number of hydrogen-bond acceptors (Lipinski definition) is 3. The van der Waals surface area contributed by atoms with Gasteiger partial charge in [0.2, 0.25) is 0 Å². The number of benzene rings is 1. The van der Waals surface area contributed by atoms with Crippen molar-refractivity contribution in [1.82, 2.24) is 4.90 Å². The van der Waals surface area contributed by atoms with Crippen LogP contribution in [0.25, 0.3) is 0 Å². The van der Waals surface area contributed by atoms with Crippen LogP contribution in [0.3, 0.4) is 0 Å². The van der Waals surface area contributed by atoms with Crippen molar-refractivity contribution in [3.05, 3.63) is 22.2 Å². The van der Waals surface area contributed by atoms with Crippen molar-refractivity contribution in [1.29, 1.82) is 0 Å². The number of halogens is 1. The minimum atomic E-state index is 0.846. The van der Waals surface area contributed by atoms with E-state index in [0.717, 1.165) is 28.0 Å². The van der Waals surface area contributed by atoms with Crippen molar-refractivity contribution in [2.24, 2.45) is 0 Å². The van der Waals surface area contributed by atoms with Crippen LogP contribution in [0.5, 0.6) is 0 Å². The zero-order valence-corrected chi connectivity index (χ0v) is 11.8. The number of hydrogen-bond donors (Lipinski definition) is 1. The average molecular weight is 289 g/mol. The highest BCUT2D eigenvalue weighted by Gasteiger charge is 2.04. The lowest BCUT2D eigenvalue weighted by Gasteiger charge is -2.11. The molecule has 0 spiro atoms. The van der Waals surface area contributed by atoms with Crippen molar-refractivity contribution >= 4 is 33.4 Å². The van der Waals surface area contributed by atoms with Gasteiger partial charge in [0.15, 0.2) is 0 Å². The predicted octanol–water partition coefficient (Wildman–Crippen LogP) is 2.99. The zero-order valence-electron chi connectivity index (χ0n) is 9.38. The highest BCUT2D eigenvalue weighted by molar-refractivity contribution is 9.10. The molecule has 0 atom stereocenters. The number of nitrogen functional groups attached to an aromatic ring is 1. The van der Waals surface area contributed by atoms with E-state index < -0.39 is 0 Å². The van der Waals surface area contributed by atoms with Crippen molar-refractivity contribution in [3.8, 4) is 0 Å². The molecule has 0 fully saturated rings. The fourth-order valence-corrected chi connectivity index (χ4v) is 2.96. The molecule has 0 heterocycles. The first-order valence-corrected chi connectivity index (χ1v) is 6.61. The van der Waals surface area contributed by atoms with E-state index in [1.807, 2.05) is 24.8 Å². The van der Waals surface area contributed by atoms with Gasteiger partial charge in [0.05, 0.1) is 0 Å². The standard InChI is InChI=1S/C11H17BrN2S/c1-8-6-11(9(12)7-10(8)13)15-5-4-14(2)3/h6-7H,4-5,13H2,1-3H3. The van der Waals surface area contributed by atoms with Crippen LogP contribution >= 0.6 is 27.7 Å². The fraction of sp³-hybridized carbons (Fsp3) is 0.455. The third-order valence-electron chi connectivity index (χ3n) is 2.12. The molecule has 2 nitrogen and oxygen atoms in total.